The molecule has 4 heteroatoms. The summed E-state index contributed by atoms with van der Waals surface area (Å²) in [6.45, 7) is 6.81. The molecule has 0 bridgehead atoms. The second kappa shape index (κ2) is 9.34. The lowest BCUT2D eigenvalue weighted by Crippen LogP contribution is -2.13. The molecule has 0 fully saturated rings. The van der Waals surface area contributed by atoms with E-state index in [9.17, 15) is 0 Å². The normalized spacial score (nSPS) is 10.6. The molecule has 0 saturated carbocycles. The zero-order chi connectivity index (χ0) is 13.2. The van der Waals surface area contributed by atoms with Crippen LogP contribution >= 0.6 is 15.9 Å². The number of rotatable bonds is 9. The van der Waals surface area contributed by atoms with Crippen molar-refractivity contribution in [2.24, 2.45) is 0 Å². The summed E-state index contributed by atoms with van der Waals surface area (Å²) < 4.78 is 6.76. The summed E-state index contributed by atoms with van der Waals surface area (Å²) >= 11 is 3.44. The summed E-state index contributed by atoms with van der Waals surface area (Å²) in [5, 5.41) is 3.30. The van der Waals surface area contributed by atoms with Gasteiger partial charge in [-0.25, -0.2) is 4.98 Å². The summed E-state index contributed by atoms with van der Waals surface area (Å²) in [5.74, 6) is 0.760. The second-order valence-corrected chi connectivity index (χ2v) is 5.22. The Kier molecular flexibility index (Phi) is 8.01. The van der Waals surface area contributed by atoms with Crippen LogP contribution in [0.3, 0.4) is 0 Å². The summed E-state index contributed by atoms with van der Waals surface area (Å²) in [4.78, 5) is 4.34. The predicted molar refractivity (Wildman–Crippen MR) is 79.0 cm³/mol. The van der Waals surface area contributed by atoms with Crippen LogP contribution in [-0.2, 0) is 6.54 Å². The van der Waals surface area contributed by atoms with Crippen molar-refractivity contribution < 1.29 is 4.74 Å². The Morgan fingerprint density at radius 2 is 2.11 bits per heavy atom. The van der Waals surface area contributed by atoms with E-state index < -0.39 is 0 Å². The van der Waals surface area contributed by atoms with E-state index in [-0.39, 0.29) is 0 Å². The summed E-state index contributed by atoms with van der Waals surface area (Å²) in [6.07, 6.45) is 6.65. The lowest BCUT2D eigenvalue weighted by Gasteiger charge is -2.11. The fourth-order valence-electron chi connectivity index (χ4n) is 1.68. The first kappa shape index (κ1) is 15.4. The standard InChI is InChI=1S/C14H23BrN2O/c1-3-5-6-7-8-18-14-12(10-16-4-2)9-13(15)11-17-14/h9,11,16H,3-8,10H2,1-2H3. The third-order valence-electron chi connectivity index (χ3n) is 2.69. The van der Waals surface area contributed by atoms with E-state index in [1.165, 1.54) is 19.3 Å². The molecule has 0 atom stereocenters. The molecule has 0 aliphatic rings. The van der Waals surface area contributed by atoms with Crippen molar-refractivity contribution in [3.63, 3.8) is 0 Å². The lowest BCUT2D eigenvalue weighted by atomic mass is 10.2. The topological polar surface area (TPSA) is 34.1 Å². The molecule has 18 heavy (non-hydrogen) atoms. The van der Waals surface area contributed by atoms with E-state index in [4.69, 9.17) is 4.74 Å². The van der Waals surface area contributed by atoms with E-state index in [0.717, 1.165) is 42.0 Å². The minimum absolute atomic E-state index is 0.758. The summed E-state index contributed by atoms with van der Waals surface area (Å²) in [5.41, 5.74) is 1.11. The maximum Gasteiger partial charge on any atom is 0.217 e. The van der Waals surface area contributed by atoms with Gasteiger partial charge in [-0.2, -0.15) is 0 Å². The quantitative estimate of drug-likeness (QED) is 0.702. The average Bonchev–Trinajstić information content (AvgIpc) is 2.38. The molecule has 102 valence electrons. The van der Waals surface area contributed by atoms with Gasteiger partial charge >= 0.3 is 0 Å². The highest BCUT2D eigenvalue weighted by Crippen LogP contribution is 2.20. The van der Waals surface area contributed by atoms with E-state index in [0.29, 0.717) is 0 Å². The molecule has 1 rings (SSSR count). The van der Waals surface area contributed by atoms with E-state index in [2.05, 4.69) is 46.1 Å². The van der Waals surface area contributed by atoms with Gasteiger partial charge in [-0.15, -0.1) is 0 Å². The molecule has 1 heterocycles. The fourth-order valence-corrected chi connectivity index (χ4v) is 2.06. The molecular formula is C14H23BrN2O. The monoisotopic (exact) mass is 314 g/mol. The number of hydrogen-bond acceptors (Lipinski definition) is 3. The van der Waals surface area contributed by atoms with Gasteiger partial charge in [0.1, 0.15) is 0 Å². The largest absolute Gasteiger partial charge is 0.477 e. The van der Waals surface area contributed by atoms with Gasteiger partial charge in [-0.3, -0.25) is 0 Å². The minimum atomic E-state index is 0.758. The zero-order valence-electron chi connectivity index (χ0n) is 11.3. The molecule has 0 aliphatic heterocycles. The van der Waals surface area contributed by atoms with Crippen LogP contribution in [0.5, 0.6) is 5.88 Å². The van der Waals surface area contributed by atoms with Gasteiger partial charge in [-0.05, 0) is 35.0 Å². The second-order valence-electron chi connectivity index (χ2n) is 4.31. The van der Waals surface area contributed by atoms with Crippen molar-refractivity contribution in [1.82, 2.24) is 10.3 Å². The van der Waals surface area contributed by atoms with Gasteiger partial charge in [0, 0.05) is 22.8 Å². The first-order valence-electron chi connectivity index (χ1n) is 6.75. The number of unbranched alkanes of at least 4 members (excludes halogenated alkanes) is 3. The fraction of sp³-hybridized carbons (Fsp3) is 0.643. The highest BCUT2D eigenvalue weighted by atomic mass is 79.9. The smallest absolute Gasteiger partial charge is 0.217 e. The summed E-state index contributed by atoms with van der Waals surface area (Å²) in [6, 6.07) is 2.07. The number of halogens is 1. The number of nitrogens with zero attached hydrogens (tertiary/aromatic N) is 1. The number of pyridine rings is 1. The molecule has 0 amide bonds. The van der Waals surface area contributed by atoms with Gasteiger partial charge in [-0.1, -0.05) is 33.1 Å². The minimum Gasteiger partial charge on any atom is -0.477 e. The Hall–Kier alpha value is -0.610. The first-order chi connectivity index (χ1) is 8.77. The van der Waals surface area contributed by atoms with E-state index >= 15 is 0 Å². The molecule has 1 aromatic rings. The molecule has 0 aromatic carbocycles. The van der Waals surface area contributed by atoms with Crippen molar-refractivity contribution in [3.8, 4) is 5.88 Å². The average molecular weight is 315 g/mol. The van der Waals surface area contributed by atoms with Crippen molar-refractivity contribution >= 4 is 15.9 Å². The molecule has 1 aromatic heterocycles. The van der Waals surface area contributed by atoms with Gasteiger partial charge in [0.05, 0.1) is 6.61 Å². The van der Waals surface area contributed by atoms with Gasteiger partial charge in [0.25, 0.3) is 0 Å². The number of hydrogen-bond donors (Lipinski definition) is 1. The maximum atomic E-state index is 5.76. The van der Waals surface area contributed by atoms with Crippen molar-refractivity contribution in [3.05, 3.63) is 22.3 Å². The van der Waals surface area contributed by atoms with Crippen molar-refractivity contribution in [2.45, 2.75) is 46.1 Å². The highest BCUT2D eigenvalue weighted by molar-refractivity contribution is 9.10. The van der Waals surface area contributed by atoms with E-state index in [1.807, 2.05) is 0 Å². The van der Waals surface area contributed by atoms with Crippen molar-refractivity contribution in [1.29, 1.82) is 0 Å². The summed E-state index contributed by atoms with van der Waals surface area (Å²) in [7, 11) is 0. The number of nitrogens with one attached hydrogen (secondary N) is 1. The SMILES string of the molecule is CCCCCCOc1ncc(Br)cc1CNCC. The third kappa shape index (κ3) is 5.83. The number of aromatic nitrogens is 1. The Morgan fingerprint density at radius 1 is 1.28 bits per heavy atom. The molecule has 0 spiro atoms. The van der Waals surface area contributed by atoms with Crippen molar-refractivity contribution in [2.75, 3.05) is 13.2 Å². The molecule has 0 radical (unpaired) electrons. The Labute approximate surface area is 118 Å². The lowest BCUT2D eigenvalue weighted by molar-refractivity contribution is 0.290. The van der Waals surface area contributed by atoms with E-state index in [1.54, 1.807) is 6.20 Å². The van der Waals surface area contributed by atoms with Crippen LogP contribution in [0.2, 0.25) is 0 Å². The maximum absolute atomic E-state index is 5.76. The number of ether oxygens (including phenoxy) is 1. The zero-order valence-corrected chi connectivity index (χ0v) is 12.9. The van der Waals surface area contributed by atoms with Gasteiger partial charge in [0.15, 0.2) is 0 Å². The molecular weight excluding hydrogens is 292 g/mol. The predicted octanol–water partition coefficient (Wildman–Crippen LogP) is 3.91. The van der Waals surface area contributed by atoms with Crippen LogP contribution in [0.15, 0.2) is 16.7 Å². The molecule has 0 aliphatic carbocycles. The Morgan fingerprint density at radius 3 is 2.83 bits per heavy atom. The molecule has 1 N–H and O–H groups in total. The third-order valence-corrected chi connectivity index (χ3v) is 3.13. The van der Waals surface area contributed by atoms with Crippen LogP contribution in [0.25, 0.3) is 0 Å². The molecule has 0 unspecified atom stereocenters. The Balaban J connectivity index is 2.47. The van der Waals surface area contributed by atoms with Gasteiger partial charge < -0.3 is 10.1 Å². The molecule has 3 nitrogen and oxygen atoms in total. The van der Waals surface area contributed by atoms with Crippen LogP contribution < -0.4 is 10.1 Å². The highest BCUT2D eigenvalue weighted by Gasteiger charge is 2.05. The Bertz CT molecular complexity index is 345. The van der Waals surface area contributed by atoms with Gasteiger partial charge in [0.2, 0.25) is 5.88 Å². The van der Waals surface area contributed by atoms with Crippen LogP contribution in [0, 0.1) is 0 Å². The van der Waals surface area contributed by atoms with Crippen LogP contribution in [0.4, 0.5) is 0 Å². The van der Waals surface area contributed by atoms with Crippen LogP contribution in [-0.4, -0.2) is 18.1 Å². The van der Waals surface area contributed by atoms with Crippen LogP contribution in [0.1, 0.15) is 45.1 Å². The molecule has 0 saturated heterocycles. The first-order valence-corrected chi connectivity index (χ1v) is 7.55.